The molecular weight excluding hydrogens is 168 g/mol. The molecule has 0 amide bonds. The number of hydrogen-bond donors (Lipinski definition) is 1. The predicted octanol–water partition coefficient (Wildman–Crippen LogP) is 2.12. The number of ether oxygens (including phenoxy) is 1. The standard InChI is InChI=1S/C10H14O3/c1-4-9(6-5-8(2)3)13-7-10(11)12/h4-6H,2,7H2,1,3H3,(H,11,12)/b6-5-,9-4+. The zero-order chi connectivity index (χ0) is 10.3. The minimum absolute atomic E-state index is 0.319. The first-order chi connectivity index (χ1) is 6.06. The van der Waals surface area contributed by atoms with Crippen molar-refractivity contribution in [3.05, 3.63) is 36.1 Å². The van der Waals surface area contributed by atoms with Gasteiger partial charge in [0.05, 0.1) is 0 Å². The highest BCUT2D eigenvalue weighted by molar-refractivity contribution is 5.68. The summed E-state index contributed by atoms with van der Waals surface area (Å²) < 4.78 is 4.94. The number of carbonyl (C=O) groups is 1. The van der Waals surface area contributed by atoms with Crippen molar-refractivity contribution in [2.45, 2.75) is 13.8 Å². The lowest BCUT2D eigenvalue weighted by Gasteiger charge is -2.02. The number of aliphatic carboxylic acids is 1. The van der Waals surface area contributed by atoms with E-state index in [1.54, 1.807) is 25.2 Å². The van der Waals surface area contributed by atoms with Crippen LogP contribution in [-0.2, 0) is 9.53 Å². The number of rotatable bonds is 5. The maximum atomic E-state index is 10.2. The Morgan fingerprint density at radius 2 is 2.15 bits per heavy atom. The molecule has 0 spiro atoms. The predicted molar refractivity (Wildman–Crippen MR) is 51.3 cm³/mol. The van der Waals surface area contributed by atoms with Crippen molar-refractivity contribution < 1.29 is 14.6 Å². The van der Waals surface area contributed by atoms with Crippen molar-refractivity contribution in [1.82, 2.24) is 0 Å². The Morgan fingerprint density at radius 1 is 1.54 bits per heavy atom. The Bertz CT molecular complexity index is 249. The van der Waals surface area contributed by atoms with Crippen LogP contribution in [0.2, 0.25) is 0 Å². The first-order valence-electron chi connectivity index (χ1n) is 3.90. The van der Waals surface area contributed by atoms with Crippen molar-refractivity contribution in [2.24, 2.45) is 0 Å². The van der Waals surface area contributed by atoms with E-state index in [0.29, 0.717) is 5.76 Å². The van der Waals surface area contributed by atoms with Crippen LogP contribution in [0.25, 0.3) is 0 Å². The maximum absolute atomic E-state index is 10.2. The minimum Gasteiger partial charge on any atom is -0.482 e. The van der Waals surface area contributed by atoms with Crippen LogP contribution in [0, 0.1) is 0 Å². The van der Waals surface area contributed by atoms with Crippen LogP contribution in [0.4, 0.5) is 0 Å². The second-order valence-corrected chi connectivity index (χ2v) is 2.55. The van der Waals surface area contributed by atoms with E-state index in [0.717, 1.165) is 5.57 Å². The topological polar surface area (TPSA) is 46.5 Å². The molecule has 0 fully saturated rings. The van der Waals surface area contributed by atoms with Gasteiger partial charge in [-0.05, 0) is 26.0 Å². The molecule has 0 radical (unpaired) electrons. The molecule has 0 aromatic rings. The van der Waals surface area contributed by atoms with Gasteiger partial charge in [0.25, 0.3) is 0 Å². The SMILES string of the molecule is C=C(C)/C=C\C(=C/C)OCC(=O)O. The van der Waals surface area contributed by atoms with Gasteiger partial charge in [-0.15, -0.1) is 0 Å². The van der Waals surface area contributed by atoms with Crippen LogP contribution >= 0.6 is 0 Å². The third-order valence-electron chi connectivity index (χ3n) is 1.18. The van der Waals surface area contributed by atoms with Gasteiger partial charge in [-0.2, -0.15) is 0 Å². The Labute approximate surface area is 78.0 Å². The zero-order valence-electron chi connectivity index (χ0n) is 7.91. The number of allylic oxidation sites excluding steroid dienone is 4. The molecule has 72 valence electrons. The summed E-state index contributed by atoms with van der Waals surface area (Å²) in [5.41, 5.74) is 0.887. The highest BCUT2D eigenvalue weighted by Crippen LogP contribution is 2.01. The van der Waals surface area contributed by atoms with Crippen LogP contribution in [0.3, 0.4) is 0 Å². The van der Waals surface area contributed by atoms with Gasteiger partial charge < -0.3 is 9.84 Å². The molecule has 0 rings (SSSR count). The summed E-state index contributed by atoms with van der Waals surface area (Å²) in [5, 5.41) is 8.34. The molecule has 0 bridgehead atoms. The van der Waals surface area contributed by atoms with Gasteiger partial charge in [-0.3, -0.25) is 0 Å². The Hall–Kier alpha value is -1.51. The lowest BCUT2D eigenvalue weighted by atomic mass is 10.3. The van der Waals surface area contributed by atoms with Gasteiger partial charge in [-0.25, -0.2) is 4.79 Å². The smallest absolute Gasteiger partial charge is 0.341 e. The summed E-state index contributed by atoms with van der Waals surface area (Å²) in [4.78, 5) is 10.2. The molecule has 1 N–H and O–H groups in total. The van der Waals surface area contributed by atoms with Crippen molar-refractivity contribution in [2.75, 3.05) is 6.61 Å². The summed E-state index contributed by atoms with van der Waals surface area (Å²) in [6, 6.07) is 0. The fourth-order valence-electron chi connectivity index (χ4n) is 0.597. The van der Waals surface area contributed by atoms with Crippen LogP contribution in [0.5, 0.6) is 0 Å². The van der Waals surface area contributed by atoms with Gasteiger partial charge in [0.15, 0.2) is 6.61 Å². The second kappa shape index (κ2) is 6.06. The highest BCUT2D eigenvalue weighted by atomic mass is 16.5. The molecule has 0 aliphatic rings. The average molecular weight is 182 g/mol. The lowest BCUT2D eigenvalue weighted by molar-refractivity contribution is -0.140. The van der Waals surface area contributed by atoms with Crippen molar-refractivity contribution in [3.63, 3.8) is 0 Å². The Balaban J connectivity index is 4.06. The molecule has 0 saturated heterocycles. The third kappa shape index (κ3) is 6.87. The van der Waals surface area contributed by atoms with Gasteiger partial charge in [0.2, 0.25) is 0 Å². The quantitative estimate of drug-likeness (QED) is 0.523. The first-order valence-corrected chi connectivity index (χ1v) is 3.90. The maximum Gasteiger partial charge on any atom is 0.341 e. The second-order valence-electron chi connectivity index (χ2n) is 2.55. The van der Waals surface area contributed by atoms with Crippen molar-refractivity contribution >= 4 is 5.97 Å². The summed E-state index contributed by atoms with van der Waals surface area (Å²) >= 11 is 0. The minimum atomic E-state index is -0.983. The summed E-state index contributed by atoms with van der Waals surface area (Å²) in [5.74, 6) is -0.450. The summed E-state index contributed by atoms with van der Waals surface area (Å²) in [7, 11) is 0. The van der Waals surface area contributed by atoms with Crippen molar-refractivity contribution in [3.8, 4) is 0 Å². The third-order valence-corrected chi connectivity index (χ3v) is 1.18. The fourth-order valence-corrected chi connectivity index (χ4v) is 0.597. The molecule has 0 saturated carbocycles. The van der Waals surface area contributed by atoms with E-state index in [9.17, 15) is 4.79 Å². The molecular formula is C10H14O3. The first kappa shape index (κ1) is 11.5. The van der Waals surface area contributed by atoms with Gasteiger partial charge in [0, 0.05) is 0 Å². The molecule has 0 aromatic heterocycles. The molecule has 0 aliphatic heterocycles. The summed E-state index contributed by atoms with van der Waals surface area (Å²) in [6.07, 6.45) is 5.14. The summed E-state index contributed by atoms with van der Waals surface area (Å²) in [6.45, 7) is 6.98. The van der Waals surface area contributed by atoms with Crippen LogP contribution < -0.4 is 0 Å². The fraction of sp³-hybridized carbons (Fsp3) is 0.300. The number of hydrogen-bond acceptors (Lipinski definition) is 2. The van der Waals surface area contributed by atoms with Crippen LogP contribution in [-0.4, -0.2) is 17.7 Å². The van der Waals surface area contributed by atoms with Crippen molar-refractivity contribution in [1.29, 1.82) is 0 Å². The van der Waals surface area contributed by atoms with E-state index in [1.807, 2.05) is 6.92 Å². The van der Waals surface area contributed by atoms with E-state index in [-0.39, 0.29) is 6.61 Å². The monoisotopic (exact) mass is 182 g/mol. The van der Waals surface area contributed by atoms with Crippen LogP contribution in [0.15, 0.2) is 36.1 Å². The molecule has 13 heavy (non-hydrogen) atoms. The normalized spacial score (nSPS) is 11.7. The molecule has 0 heterocycles. The Morgan fingerprint density at radius 3 is 2.54 bits per heavy atom. The molecule has 0 unspecified atom stereocenters. The molecule has 3 heteroatoms. The molecule has 3 nitrogen and oxygen atoms in total. The van der Waals surface area contributed by atoms with Gasteiger partial charge >= 0.3 is 5.97 Å². The number of carboxylic acid groups (broad SMARTS) is 1. The van der Waals surface area contributed by atoms with E-state index >= 15 is 0 Å². The van der Waals surface area contributed by atoms with E-state index < -0.39 is 5.97 Å². The largest absolute Gasteiger partial charge is 0.482 e. The van der Waals surface area contributed by atoms with Gasteiger partial charge in [-0.1, -0.05) is 18.2 Å². The Kier molecular flexibility index (Phi) is 5.35. The zero-order valence-corrected chi connectivity index (χ0v) is 7.91. The average Bonchev–Trinajstić information content (AvgIpc) is 2.04. The van der Waals surface area contributed by atoms with E-state index in [4.69, 9.17) is 9.84 Å². The van der Waals surface area contributed by atoms with E-state index in [2.05, 4.69) is 6.58 Å². The van der Waals surface area contributed by atoms with Crippen LogP contribution in [0.1, 0.15) is 13.8 Å². The van der Waals surface area contributed by atoms with Gasteiger partial charge in [0.1, 0.15) is 5.76 Å². The number of carboxylic acids is 1. The lowest BCUT2D eigenvalue weighted by Crippen LogP contribution is -2.05. The highest BCUT2D eigenvalue weighted by Gasteiger charge is 1.97. The molecule has 0 aromatic carbocycles. The molecule has 0 atom stereocenters. The van der Waals surface area contributed by atoms with E-state index in [1.165, 1.54) is 0 Å². The molecule has 0 aliphatic carbocycles.